The number of nitrogens with zero attached hydrogens (tertiary/aromatic N) is 1. The fourth-order valence-electron chi connectivity index (χ4n) is 3.18. The largest absolute Gasteiger partial charge is 0.454 e. The van der Waals surface area contributed by atoms with E-state index in [9.17, 15) is 8.42 Å². The van der Waals surface area contributed by atoms with Crippen LogP contribution in [-0.4, -0.2) is 38.1 Å². The predicted octanol–water partition coefficient (Wildman–Crippen LogP) is 2.04. The van der Waals surface area contributed by atoms with E-state index in [2.05, 4.69) is 0 Å². The molecule has 2 unspecified atom stereocenters. The van der Waals surface area contributed by atoms with E-state index >= 15 is 0 Å². The molecule has 130 valence electrons. The highest BCUT2D eigenvalue weighted by Crippen LogP contribution is 2.38. The highest BCUT2D eigenvalue weighted by Gasteiger charge is 2.36. The summed E-state index contributed by atoms with van der Waals surface area (Å²) in [4.78, 5) is 0.282. The van der Waals surface area contributed by atoms with Crippen molar-refractivity contribution in [3.63, 3.8) is 0 Å². The number of piperidine rings is 1. The molecule has 2 atom stereocenters. The van der Waals surface area contributed by atoms with Crippen molar-refractivity contribution in [2.45, 2.75) is 50.1 Å². The monoisotopic (exact) mass is 362 g/mol. The Hall–Kier alpha value is -1.02. The number of sulfonamides is 1. The zero-order valence-corrected chi connectivity index (χ0v) is 15.0. The number of halogens is 1. The maximum atomic E-state index is 13.1. The van der Waals surface area contributed by atoms with Crippen LogP contribution in [0.5, 0.6) is 11.5 Å². The molecule has 1 aromatic carbocycles. The molecule has 0 amide bonds. The van der Waals surface area contributed by atoms with Crippen molar-refractivity contribution < 1.29 is 17.9 Å². The summed E-state index contributed by atoms with van der Waals surface area (Å²) in [6.45, 7) is 4.29. The molecule has 1 saturated heterocycles. The van der Waals surface area contributed by atoms with Crippen LogP contribution in [0.4, 0.5) is 0 Å². The molecule has 2 N–H and O–H groups in total. The van der Waals surface area contributed by atoms with Gasteiger partial charge in [-0.3, -0.25) is 0 Å². The standard InChI is InChI=1S/C15H22N2O4S.ClH/c1-10-7-13-14(21-9-20-13)8-15(10)22(18,19)17-6-4-3-5-12(17)11(2)16;/h7-8,11-12H,3-6,9,16H2,1-2H3;1H. The second kappa shape index (κ2) is 6.84. The average Bonchev–Trinajstić information content (AvgIpc) is 2.93. The lowest BCUT2D eigenvalue weighted by atomic mass is 10.00. The smallest absolute Gasteiger partial charge is 0.243 e. The van der Waals surface area contributed by atoms with Gasteiger partial charge in [0.2, 0.25) is 16.8 Å². The van der Waals surface area contributed by atoms with E-state index in [1.165, 1.54) is 0 Å². The van der Waals surface area contributed by atoms with Gasteiger partial charge in [0.1, 0.15) is 0 Å². The molecule has 6 nitrogen and oxygen atoms in total. The Labute approximate surface area is 143 Å². The van der Waals surface area contributed by atoms with Crippen LogP contribution in [0.15, 0.2) is 17.0 Å². The summed E-state index contributed by atoms with van der Waals surface area (Å²) in [5.74, 6) is 1.08. The highest BCUT2D eigenvalue weighted by molar-refractivity contribution is 7.89. The van der Waals surface area contributed by atoms with E-state index in [1.807, 2.05) is 6.92 Å². The van der Waals surface area contributed by atoms with Crippen molar-refractivity contribution in [2.24, 2.45) is 5.73 Å². The minimum Gasteiger partial charge on any atom is -0.454 e. The van der Waals surface area contributed by atoms with Crippen molar-refractivity contribution in [1.29, 1.82) is 0 Å². The molecule has 0 aliphatic carbocycles. The molecule has 1 fully saturated rings. The molecule has 1 aromatic rings. The van der Waals surface area contributed by atoms with Gasteiger partial charge in [-0.1, -0.05) is 6.42 Å². The molecule has 2 aliphatic rings. The van der Waals surface area contributed by atoms with E-state index in [1.54, 1.807) is 23.4 Å². The van der Waals surface area contributed by atoms with Crippen LogP contribution in [0.1, 0.15) is 31.7 Å². The van der Waals surface area contributed by atoms with Crippen molar-refractivity contribution in [3.8, 4) is 11.5 Å². The zero-order valence-electron chi connectivity index (χ0n) is 13.3. The number of aryl methyl sites for hydroxylation is 1. The average molecular weight is 363 g/mol. The molecule has 2 heterocycles. The second-order valence-electron chi connectivity index (χ2n) is 6.01. The van der Waals surface area contributed by atoms with Gasteiger partial charge in [-0.25, -0.2) is 8.42 Å². The number of benzene rings is 1. The summed E-state index contributed by atoms with van der Waals surface area (Å²) in [5, 5.41) is 0. The minimum atomic E-state index is -3.59. The van der Waals surface area contributed by atoms with Crippen LogP contribution in [0.25, 0.3) is 0 Å². The van der Waals surface area contributed by atoms with E-state index in [-0.39, 0.29) is 36.2 Å². The molecule has 23 heavy (non-hydrogen) atoms. The van der Waals surface area contributed by atoms with Crippen molar-refractivity contribution in [1.82, 2.24) is 4.31 Å². The topological polar surface area (TPSA) is 81.9 Å². The number of nitrogens with two attached hydrogens (primary N) is 1. The maximum absolute atomic E-state index is 13.1. The Balaban J connectivity index is 0.00000192. The van der Waals surface area contributed by atoms with E-state index in [0.717, 1.165) is 19.3 Å². The van der Waals surface area contributed by atoms with E-state index in [0.29, 0.717) is 23.6 Å². The quantitative estimate of drug-likeness (QED) is 0.889. The predicted molar refractivity (Wildman–Crippen MR) is 89.7 cm³/mol. The summed E-state index contributed by atoms with van der Waals surface area (Å²) in [5.41, 5.74) is 6.67. The summed E-state index contributed by atoms with van der Waals surface area (Å²) < 4.78 is 38.4. The normalized spacial score (nSPS) is 22.5. The molecule has 3 rings (SSSR count). The lowest BCUT2D eigenvalue weighted by Gasteiger charge is -2.37. The van der Waals surface area contributed by atoms with Crippen molar-refractivity contribution >= 4 is 22.4 Å². The first-order valence-corrected chi connectivity index (χ1v) is 9.03. The molecule has 2 aliphatic heterocycles. The Morgan fingerprint density at radius 1 is 1.26 bits per heavy atom. The first kappa shape index (κ1) is 18.3. The minimum absolute atomic E-state index is 0. The van der Waals surface area contributed by atoms with Crippen molar-refractivity contribution in [2.75, 3.05) is 13.3 Å². The second-order valence-corrected chi connectivity index (χ2v) is 7.87. The van der Waals surface area contributed by atoms with E-state index < -0.39 is 10.0 Å². The zero-order chi connectivity index (χ0) is 15.9. The van der Waals surface area contributed by atoms with Gasteiger partial charge in [0.05, 0.1) is 4.90 Å². The van der Waals surface area contributed by atoms with Crippen LogP contribution in [0, 0.1) is 6.92 Å². The summed E-state index contributed by atoms with van der Waals surface area (Å²) in [6, 6.07) is 2.95. The fourth-order valence-corrected chi connectivity index (χ4v) is 5.18. The molecule has 0 saturated carbocycles. The third kappa shape index (κ3) is 3.28. The van der Waals surface area contributed by atoms with Gasteiger partial charge < -0.3 is 15.2 Å². The number of hydrogen-bond acceptors (Lipinski definition) is 5. The lowest BCUT2D eigenvalue weighted by molar-refractivity contribution is 0.174. The molecular formula is C15H23ClN2O4S. The third-order valence-electron chi connectivity index (χ3n) is 4.36. The summed E-state index contributed by atoms with van der Waals surface area (Å²) >= 11 is 0. The third-order valence-corrected chi connectivity index (χ3v) is 6.43. The lowest BCUT2D eigenvalue weighted by Crippen LogP contribution is -2.51. The molecular weight excluding hydrogens is 340 g/mol. The highest BCUT2D eigenvalue weighted by atomic mass is 35.5. The van der Waals surface area contributed by atoms with Gasteiger partial charge >= 0.3 is 0 Å². The van der Waals surface area contributed by atoms with Gasteiger partial charge in [0.15, 0.2) is 11.5 Å². The molecule has 0 aromatic heterocycles. The Kier molecular flexibility index (Phi) is 5.45. The number of hydrogen-bond donors (Lipinski definition) is 1. The van der Waals surface area contributed by atoms with Crippen LogP contribution < -0.4 is 15.2 Å². The van der Waals surface area contributed by atoms with Gasteiger partial charge in [0, 0.05) is 24.7 Å². The fraction of sp³-hybridized carbons (Fsp3) is 0.600. The number of ether oxygens (including phenoxy) is 2. The summed E-state index contributed by atoms with van der Waals surface area (Å²) in [7, 11) is -3.59. The van der Waals surface area contributed by atoms with Crippen LogP contribution in [-0.2, 0) is 10.0 Å². The van der Waals surface area contributed by atoms with Crippen LogP contribution in [0.2, 0.25) is 0 Å². The Morgan fingerprint density at radius 3 is 2.57 bits per heavy atom. The Bertz CT molecular complexity index is 678. The van der Waals surface area contributed by atoms with Gasteiger partial charge in [-0.15, -0.1) is 12.4 Å². The number of fused-ring (bicyclic) bond motifs is 1. The first-order chi connectivity index (χ1) is 10.4. The van der Waals surface area contributed by atoms with Crippen LogP contribution in [0.3, 0.4) is 0 Å². The van der Waals surface area contributed by atoms with Crippen LogP contribution >= 0.6 is 12.4 Å². The Morgan fingerprint density at radius 2 is 1.91 bits per heavy atom. The SMILES string of the molecule is Cc1cc2c(cc1S(=O)(=O)N1CCCCC1C(C)N)OCO2.Cl. The summed E-state index contributed by atoms with van der Waals surface area (Å²) in [6.07, 6.45) is 2.69. The van der Waals surface area contributed by atoms with Crippen molar-refractivity contribution in [3.05, 3.63) is 17.7 Å². The molecule has 0 bridgehead atoms. The molecule has 0 radical (unpaired) electrons. The number of rotatable bonds is 3. The van der Waals surface area contributed by atoms with E-state index in [4.69, 9.17) is 15.2 Å². The van der Waals surface area contributed by atoms with Gasteiger partial charge in [-0.2, -0.15) is 4.31 Å². The maximum Gasteiger partial charge on any atom is 0.243 e. The molecule has 0 spiro atoms. The van der Waals surface area contributed by atoms with Gasteiger partial charge in [0.25, 0.3) is 0 Å². The van der Waals surface area contributed by atoms with Gasteiger partial charge in [-0.05, 0) is 38.3 Å². The first-order valence-electron chi connectivity index (χ1n) is 7.59. The molecule has 8 heteroatoms.